The number of hydrogen-bond donors (Lipinski definition) is 2. The average Bonchev–Trinajstić information content (AvgIpc) is 3.28. The molecule has 1 aliphatic rings. The highest BCUT2D eigenvalue weighted by atomic mass is 32.2. The molecule has 0 aliphatic carbocycles. The van der Waals surface area contributed by atoms with Crippen LogP contribution in [0.1, 0.15) is 52.4 Å². The summed E-state index contributed by atoms with van der Waals surface area (Å²) in [4.78, 5) is 40.6. The molecule has 1 unspecified atom stereocenters. The van der Waals surface area contributed by atoms with Crippen LogP contribution in [0, 0.1) is 13.8 Å². The maximum atomic E-state index is 13.4. The van der Waals surface area contributed by atoms with Crippen molar-refractivity contribution in [2.75, 3.05) is 11.4 Å². The normalized spacial score (nSPS) is 14.7. The van der Waals surface area contributed by atoms with E-state index in [1.54, 1.807) is 66.4 Å². The molecule has 1 aliphatic heterocycles. The van der Waals surface area contributed by atoms with Gasteiger partial charge in [-0.1, -0.05) is 42.5 Å². The molecule has 1 aromatic heterocycles. The number of carbonyl (C=O) groups is 3. The first-order valence-electron chi connectivity index (χ1n) is 13.0. The number of anilines is 1. The fourth-order valence-electron chi connectivity index (χ4n) is 4.84. The van der Waals surface area contributed by atoms with Gasteiger partial charge >= 0.3 is 0 Å². The van der Waals surface area contributed by atoms with Gasteiger partial charge in [0.25, 0.3) is 21.8 Å². The van der Waals surface area contributed by atoms with Crippen LogP contribution in [0.4, 0.5) is 5.69 Å². The number of piperidine rings is 1. The predicted octanol–water partition coefficient (Wildman–Crippen LogP) is 5.01. The van der Waals surface area contributed by atoms with Crippen LogP contribution in [0.3, 0.4) is 0 Å². The lowest BCUT2D eigenvalue weighted by Crippen LogP contribution is -2.42. The number of hydrogen-bond acceptors (Lipinski definition) is 6. The number of fused-ring (bicyclic) bond motifs is 1. The molecular formula is C30H29N3O5S2. The van der Waals surface area contributed by atoms with E-state index in [1.807, 2.05) is 25.1 Å². The summed E-state index contributed by atoms with van der Waals surface area (Å²) in [5.74, 6) is -1.37. The number of benzene rings is 3. The van der Waals surface area contributed by atoms with Gasteiger partial charge in [0.15, 0.2) is 0 Å². The molecule has 1 fully saturated rings. The van der Waals surface area contributed by atoms with E-state index in [1.165, 1.54) is 0 Å². The number of carbonyl (C=O) groups excluding carboxylic acids is 3. The van der Waals surface area contributed by atoms with Gasteiger partial charge in [-0.2, -0.15) is 0 Å². The summed E-state index contributed by atoms with van der Waals surface area (Å²) < 4.78 is 29.8. The van der Waals surface area contributed by atoms with Crippen LogP contribution in [0.2, 0.25) is 0 Å². The minimum Gasteiger partial charge on any atom is -0.336 e. The number of nitrogens with one attached hydrogen (secondary N) is 2. The first kappa shape index (κ1) is 27.5. The molecule has 40 heavy (non-hydrogen) atoms. The van der Waals surface area contributed by atoms with E-state index in [4.69, 9.17) is 0 Å². The number of aryl methyl sites for hydroxylation is 2. The molecule has 4 aromatic rings. The number of nitrogens with zero attached hydrogens (tertiary/aromatic N) is 1. The first-order valence-corrected chi connectivity index (χ1v) is 15.3. The third kappa shape index (κ3) is 5.64. The summed E-state index contributed by atoms with van der Waals surface area (Å²) in [6, 6.07) is 19.5. The van der Waals surface area contributed by atoms with Gasteiger partial charge in [0, 0.05) is 28.9 Å². The zero-order valence-electron chi connectivity index (χ0n) is 22.1. The third-order valence-electron chi connectivity index (χ3n) is 6.96. The molecule has 0 spiro atoms. The second-order valence-electron chi connectivity index (χ2n) is 9.85. The molecule has 3 amide bonds. The summed E-state index contributed by atoms with van der Waals surface area (Å²) in [5, 5.41) is 3.50. The molecule has 206 valence electrons. The lowest BCUT2D eigenvalue weighted by Gasteiger charge is -2.27. The second-order valence-corrected chi connectivity index (χ2v) is 12.8. The standard InChI is InChI=1S/C30H29N3O5S2/c1-19-11-16-24-20(2)30(39-25(24)18-19)40(37,38)32-29(36)27(21-8-4-3-5-9-21)31-28(35)22-12-14-23(15-13-22)33-17-7-6-10-26(33)34/h3-5,8-9,11-16,18,27H,6-7,10,17H2,1-2H3,(H,31,35)(H,32,36). The number of thiophene rings is 1. The maximum Gasteiger partial charge on any atom is 0.273 e. The minimum absolute atomic E-state index is 0.0504. The van der Waals surface area contributed by atoms with E-state index >= 15 is 0 Å². The Bertz CT molecular complexity index is 1700. The van der Waals surface area contributed by atoms with Crippen LogP contribution < -0.4 is 14.9 Å². The van der Waals surface area contributed by atoms with Gasteiger partial charge in [0.05, 0.1) is 0 Å². The summed E-state index contributed by atoms with van der Waals surface area (Å²) >= 11 is 1.10. The summed E-state index contributed by atoms with van der Waals surface area (Å²) in [7, 11) is -4.21. The van der Waals surface area contributed by atoms with E-state index in [0.717, 1.165) is 39.8 Å². The Morgan fingerprint density at radius 1 is 0.950 bits per heavy atom. The molecule has 0 radical (unpaired) electrons. The van der Waals surface area contributed by atoms with Gasteiger partial charge in [-0.15, -0.1) is 11.3 Å². The van der Waals surface area contributed by atoms with Crippen LogP contribution in [-0.2, 0) is 19.6 Å². The molecule has 3 aromatic carbocycles. The topological polar surface area (TPSA) is 113 Å². The Kier molecular flexibility index (Phi) is 7.73. The van der Waals surface area contributed by atoms with Crippen molar-refractivity contribution in [3.63, 3.8) is 0 Å². The van der Waals surface area contributed by atoms with E-state index < -0.39 is 27.9 Å². The molecular weight excluding hydrogens is 546 g/mol. The first-order chi connectivity index (χ1) is 19.1. The highest BCUT2D eigenvalue weighted by Gasteiger charge is 2.30. The van der Waals surface area contributed by atoms with Crippen LogP contribution in [0.15, 0.2) is 77.0 Å². The Balaban J connectivity index is 1.38. The fourth-order valence-corrected chi connectivity index (χ4v) is 7.70. The fraction of sp³-hybridized carbons (Fsp3) is 0.233. The van der Waals surface area contributed by atoms with Gasteiger partial charge in [-0.3, -0.25) is 14.4 Å². The largest absolute Gasteiger partial charge is 0.336 e. The lowest BCUT2D eigenvalue weighted by atomic mass is 10.1. The molecule has 0 saturated carbocycles. The Morgan fingerprint density at radius 2 is 1.68 bits per heavy atom. The van der Waals surface area contributed by atoms with Gasteiger partial charge in [-0.25, -0.2) is 13.1 Å². The Morgan fingerprint density at radius 3 is 2.38 bits per heavy atom. The van der Waals surface area contributed by atoms with Crippen LogP contribution in [-0.4, -0.2) is 32.7 Å². The lowest BCUT2D eigenvalue weighted by molar-refractivity contribution is -0.121. The second kappa shape index (κ2) is 11.2. The number of sulfonamides is 1. The van der Waals surface area contributed by atoms with Crippen molar-refractivity contribution < 1.29 is 22.8 Å². The Labute approximate surface area is 237 Å². The van der Waals surface area contributed by atoms with Crippen LogP contribution in [0.25, 0.3) is 10.1 Å². The molecule has 5 rings (SSSR count). The third-order valence-corrected chi connectivity index (χ3v) is 10.2. The van der Waals surface area contributed by atoms with Crippen molar-refractivity contribution in [2.45, 2.75) is 43.4 Å². The summed E-state index contributed by atoms with van der Waals surface area (Å²) in [6.07, 6.45) is 2.29. The van der Waals surface area contributed by atoms with Crippen molar-refractivity contribution in [1.29, 1.82) is 0 Å². The zero-order valence-corrected chi connectivity index (χ0v) is 23.8. The van der Waals surface area contributed by atoms with E-state index in [2.05, 4.69) is 10.0 Å². The van der Waals surface area contributed by atoms with Gasteiger partial charge in [-0.05, 0) is 79.1 Å². The van der Waals surface area contributed by atoms with Crippen molar-refractivity contribution >= 4 is 54.9 Å². The van der Waals surface area contributed by atoms with Crippen LogP contribution >= 0.6 is 11.3 Å². The summed E-state index contributed by atoms with van der Waals surface area (Å²) in [5.41, 5.74) is 2.99. The summed E-state index contributed by atoms with van der Waals surface area (Å²) in [6.45, 7) is 4.27. The molecule has 10 heteroatoms. The van der Waals surface area contributed by atoms with Crippen LogP contribution in [0.5, 0.6) is 0 Å². The zero-order chi connectivity index (χ0) is 28.4. The average molecular weight is 576 g/mol. The minimum atomic E-state index is -4.21. The smallest absolute Gasteiger partial charge is 0.273 e. The van der Waals surface area contributed by atoms with Crippen molar-refractivity contribution in [3.8, 4) is 0 Å². The quantitative estimate of drug-likeness (QED) is 0.322. The molecule has 1 saturated heterocycles. The van der Waals surface area contributed by atoms with Crippen molar-refractivity contribution in [2.24, 2.45) is 0 Å². The number of amides is 3. The maximum absolute atomic E-state index is 13.4. The molecule has 2 N–H and O–H groups in total. The monoisotopic (exact) mass is 575 g/mol. The van der Waals surface area contributed by atoms with Gasteiger partial charge < -0.3 is 10.2 Å². The van der Waals surface area contributed by atoms with E-state index in [-0.39, 0.29) is 15.7 Å². The van der Waals surface area contributed by atoms with Crippen molar-refractivity contribution in [1.82, 2.24) is 10.0 Å². The van der Waals surface area contributed by atoms with Crippen molar-refractivity contribution in [3.05, 3.63) is 95.1 Å². The highest BCUT2D eigenvalue weighted by Crippen LogP contribution is 2.34. The van der Waals surface area contributed by atoms with Gasteiger partial charge in [0.2, 0.25) is 5.91 Å². The van der Waals surface area contributed by atoms with Gasteiger partial charge in [0.1, 0.15) is 10.3 Å². The number of rotatable bonds is 7. The molecule has 2 heterocycles. The highest BCUT2D eigenvalue weighted by molar-refractivity contribution is 7.92. The molecule has 8 nitrogen and oxygen atoms in total. The molecule has 0 bridgehead atoms. The predicted molar refractivity (Wildman–Crippen MR) is 156 cm³/mol. The molecule has 1 atom stereocenters. The van der Waals surface area contributed by atoms with E-state index in [9.17, 15) is 22.8 Å². The van der Waals surface area contributed by atoms with E-state index in [0.29, 0.717) is 29.8 Å². The Hall–Kier alpha value is -4.02. The SMILES string of the molecule is Cc1ccc2c(C)c(S(=O)(=O)NC(=O)C(NC(=O)c3ccc(N4CCCCC4=O)cc3)c3ccccc3)sc2c1.